The zero-order valence-corrected chi connectivity index (χ0v) is 19.8. The van der Waals surface area contributed by atoms with Crippen molar-refractivity contribution in [3.05, 3.63) is 78.0 Å². The maximum atomic E-state index is 13.8. The lowest BCUT2D eigenvalue weighted by molar-refractivity contribution is -0.123. The Labute approximate surface area is 203 Å². The fraction of sp³-hybridized carbons (Fsp3) is 0.333. The number of benzene rings is 2. The number of ether oxygens (including phenoxy) is 2. The number of anilines is 1. The summed E-state index contributed by atoms with van der Waals surface area (Å²) in [5.74, 6) is -0.342. The minimum Gasteiger partial charge on any atom is -0.493 e. The molecule has 7 nitrogen and oxygen atoms in total. The monoisotopic (exact) mass is 480 g/mol. The van der Waals surface area contributed by atoms with E-state index in [1.54, 1.807) is 24.3 Å². The average molecular weight is 481 g/mol. The topological polar surface area (TPSA) is 81.0 Å². The summed E-state index contributed by atoms with van der Waals surface area (Å²) < 4.78 is 30.0. The van der Waals surface area contributed by atoms with Crippen LogP contribution in [0.1, 0.15) is 54.3 Å². The second-order valence-corrected chi connectivity index (χ2v) is 8.49. The van der Waals surface area contributed by atoms with Crippen LogP contribution in [0.3, 0.4) is 0 Å². The van der Waals surface area contributed by atoms with E-state index in [0.29, 0.717) is 22.7 Å². The van der Waals surface area contributed by atoms with Gasteiger partial charge >= 0.3 is 0 Å². The number of rotatable bonds is 8. The van der Waals surface area contributed by atoms with Gasteiger partial charge in [0.1, 0.15) is 11.9 Å². The van der Waals surface area contributed by atoms with Gasteiger partial charge in [-0.25, -0.2) is 4.39 Å². The second-order valence-electron chi connectivity index (χ2n) is 8.49. The van der Waals surface area contributed by atoms with E-state index in [0.717, 1.165) is 32.1 Å². The first-order valence-corrected chi connectivity index (χ1v) is 11.7. The summed E-state index contributed by atoms with van der Waals surface area (Å²) in [7, 11) is 3.03. The van der Waals surface area contributed by atoms with Crippen LogP contribution < -0.4 is 19.7 Å². The van der Waals surface area contributed by atoms with Crippen LogP contribution in [0.4, 0.5) is 10.1 Å². The molecule has 1 atom stereocenters. The minimum absolute atomic E-state index is 0.0210. The largest absolute Gasteiger partial charge is 0.493 e. The Kier molecular flexibility index (Phi) is 7.70. The van der Waals surface area contributed by atoms with E-state index >= 15 is 0 Å². The number of amides is 2. The second kappa shape index (κ2) is 11.1. The van der Waals surface area contributed by atoms with Gasteiger partial charge in [0.15, 0.2) is 17.3 Å². The summed E-state index contributed by atoms with van der Waals surface area (Å²) in [5.41, 5.74) is 0.867. The summed E-state index contributed by atoms with van der Waals surface area (Å²) in [6.45, 7) is 0. The lowest BCUT2D eigenvalue weighted by Gasteiger charge is -2.33. The van der Waals surface area contributed by atoms with Crippen molar-refractivity contribution in [3.63, 3.8) is 0 Å². The number of hydrogen-bond acceptors (Lipinski definition) is 5. The van der Waals surface area contributed by atoms with Crippen LogP contribution >= 0.6 is 0 Å². The highest BCUT2D eigenvalue weighted by Crippen LogP contribution is 2.35. The number of nitrogens with one attached hydrogen (secondary N) is 1. The highest BCUT2D eigenvalue weighted by molar-refractivity contribution is 6.08. The van der Waals surface area contributed by atoms with Gasteiger partial charge in [-0.05, 0) is 66.9 Å². The predicted octanol–water partition coefficient (Wildman–Crippen LogP) is 5.27. The van der Waals surface area contributed by atoms with Gasteiger partial charge in [0.25, 0.3) is 5.91 Å². The molecule has 4 rings (SSSR count). The van der Waals surface area contributed by atoms with Crippen LogP contribution in [0.25, 0.3) is 0 Å². The highest BCUT2D eigenvalue weighted by Gasteiger charge is 2.36. The lowest BCUT2D eigenvalue weighted by atomic mass is 9.94. The van der Waals surface area contributed by atoms with Gasteiger partial charge in [0.05, 0.1) is 20.5 Å². The molecule has 1 fully saturated rings. The summed E-state index contributed by atoms with van der Waals surface area (Å²) >= 11 is 0. The molecule has 1 aliphatic rings. The van der Waals surface area contributed by atoms with Crippen LogP contribution in [0.15, 0.2) is 65.3 Å². The Morgan fingerprint density at radius 3 is 2.34 bits per heavy atom. The van der Waals surface area contributed by atoms with E-state index in [2.05, 4.69) is 5.32 Å². The number of carbonyl (C=O) groups is 2. The molecular weight excluding hydrogens is 451 g/mol. The molecule has 0 radical (unpaired) electrons. The van der Waals surface area contributed by atoms with Gasteiger partial charge in [-0.3, -0.25) is 14.5 Å². The minimum atomic E-state index is -1.07. The van der Waals surface area contributed by atoms with Crippen molar-refractivity contribution in [2.75, 3.05) is 19.1 Å². The van der Waals surface area contributed by atoms with Crippen molar-refractivity contribution >= 4 is 17.5 Å². The number of methoxy groups -OCH3 is 2. The fourth-order valence-corrected chi connectivity index (χ4v) is 4.47. The first-order chi connectivity index (χ1) is 17.0. The van der Waals surface area contributed by atoms with Crippen molar-refractivity contribution in [2.45, 2.75) is 44.2 Å². The van der Waals surface area contributed by atoms with Crippen molar-refractivity contribution in [2.24, 2.45) is 0 Å². The molecular formula is C27H29FN2O5. The number of carbonyl (C=O) groups excluding carboxylic acids is 2. The van der Waals surface area contributed by atoms with Gasteiger partial charge in [-0.2, -0.15) is 0 Å². The number of hydrogen-bond donors (Lipinski definition) is 1. The van der Waals surface area contributed by atoms with E-state index in [1.807, 2.05) is 0 Å². The molecule has 35 heavy (non-hydrogen) atoms. The van der Waals surface area contributed by atoms with Crippen molar-refractivity contribution in [3.8, 4) is 11.5 Å². The molecule has 184 valence electrons. The van der Waals surface area contributed by atoms with Crippen molar-refractivity contribution in [1.29, 1.82) is 0 Å². The summed E-state index contributed by atoms with van der Waals surface area (Å²) in [4.78, 5) is 28.9. The van der Waals surface area contributed by atoms with E-state index in [1.165, 1.54) is 55.7 Å². The van der Waals surface area contributed by atoms with Crippen molar-refractivity contribution < 1.29 is 27.9 Å². The normalized spacial score (nSPS) is 14.7. The number of halogens is 1. The molecule has 0 unspecified atom stereocenters. The molecule has 0 aliphatic heterocycles. The van der Waals surface area contributed by atoms with Crippen LogP contribution in [0.2, 0.25) is 0 Å². The molecule has 0 spiro atoms. The van der Waals surface area contributed by atoms with Gasteiger partial charge in [-0.15, -0.1) is 0 Å². The van der Waals surface area contributed by atoms with Crippen LogP contribution in [0.5, 0.6) is 11.5 Å². The zero-order valence-electron chi connectivity index (χ0n) is 19.8. The van der Waals surface area contributed by atoms with Crippen LogP contribution in [0, 0.1) is 5.82 Å². The zero-order chi connectivity index (χ0) is 24.8. The molecule has 8 heteroatoms. The smallest absolute Gasteiger partial charge is 0.294 e. The molecule has 1 heterocycles. The molecule has 1 aliphatic carbocycles. The molecule has 1 saturated carbocycles. The van der Waals surface area contributed by atoms with E-state index in [4.69, 9.17) is 13.9 Å². The van der Waals surface area contributed by atoms with E-state index < -0.39 is 17.8 Å². The molecule has 2 aromatic carbocycles. The van der Waals surface area contributed by atoms with E-state index in [-0.39, 0.29) is 17.7 Å². The first kappa shape index (κ1) is 24.3. The standard InChI is InChI=1S/C27H29FN2O5/c1-33-22-15-10-18(17-24(22)34-2)25(26(31)29-20-7-4-3-5-8-20)30(21-13-11-19(28)12-14-21)27(32)23-9-6-16-35-23/h6,9-17,20,25H,3-5,7-8H2,1-2H3,(H,29,31)/t25-/m0/s1. The maximum absolute atomic E-state index is 13.8. The number of nitrogens with zero attached hydrogens (tertiary/aromatic N) is 1. The summed E-state index contributed by atoms with van der Waals surface area (Å²) in [6.07, 6.45) is 6.38. The predicted molar refractivity (Wildman–Crippen MR) is 129 cm³/mol. The third-order valence-electron chi connectivity index (χ3n) is 6.24. The molecule has 1 N–H and O–H groups in total. The average Bonchev–Trinajstić information content (AvgIpc) is 3.43. The quantitative estimate of drug-likeness (QED) is 0.475. The first-order valence-electron chi connectivity index (χ1n) is 11.7. The van der Waals surface area contributed by atoms with Crippen molar-refractivity contribution in [1.82, 2.24) is 5.32 Å². The van der Waals surface area contributed by atoms with Gasteiger partial charge in [0.2, 0.25) is 5.91 Å². The van der Waals surface area contributed by atoms with Crippen LogP contribution in [-0.4, -0.2) is 32.1 Å². The SMILES string of the molecule is COc1ccc([C@@H](C(=O)NC2CCCCC2)N(C(=O)c2ccco2)c2ccc(F)cc2)cc1OC. The molecule has 2 amide bonds. The molecule has 1 aromatic heterocycles. The maximum Gasteiger partial charge on any atom is 0.294 e. The Balaban J connectivity index is 1.82. The highest BCUT2D eigenvalue weighted by atomic mass is 19.1. The Bertz CT molecular complexity index is 1140. The summed E-state index contributed by atoms with van der Waals surface area (Å²) in [6, 6.07) is 12.6. The Morgan fingerprint density at radius 2 is 1.71 bits per heavy atom. The lowest BCUT2D eigenvalue weighted by Crippen LogP contribution is -2.47. The van der Waals surface area contributed by atoms with Crippen LogP contribution in [-0.2, 0) is 4.79 Å². The third-order valence-corrected chi connectivity index (χ3v) is 6.24. The third kappa shape index (κ3) is 5.48. The van der Waals surface area contributed by atoms with Gasteiger partial charge in [-0.1, -0.05) is 25.3 Å². The number of furan rings is 1. The molecule has 3 aromatic rings. The van der Waals surface area contributed by atoms with Gasteiger partial charge < -0.3 is 19.2 Å². The molecule has 0 bridgehead atoms. The molecule has 0 saturated heterocycles. The van der Waals surface area contributed by atoms with Gasteiger partial charge in [0, 0.05) is 11.7 Å². The summed E-state index contributed by atoms with van der Waals surface area (Å²) in [5, 5.41) is 3.14. The fourth-order valence-electron chi connectivity index (χ4n) is 4.47. The Hall–Kier alpha value is -3.81. The Morgan fingerprint density at radius 1 is 1.00 bits per heavy atom. The van der Waals surface area contributed by atoms with E-state index in [9.17, 15) is 14.0 Å².